The van der Waals surface area contributed by atoms with Crippen molar-refractivity contribution in [3.8, 4) is 0 Å². The van der Waals surface area contributed by atoms with Gasteiger partial charge in [0.1, 0.15) is 6.61 Å². The number of hydrogen-bond acceptors (Lipinski definition) is 4. The second-order valence-electron chi connectivity index (χ2n) is 6.13. The number of hydrogen-bond donors (Lipinski definition) is 0. The summed E-state index contributed by atoms with van der Waals surface area (Å²) in [5.74, 6) is -0.571. The zero-order valence-corrected chi connectivity index (χ0v) is 11.9. The maximum atomic E-state index is 12.3. The lowest BCUT2D eigenvalue weighted by molar-refractivity contribution is -0.181. The first-order valence-electron chi connectivity index (χ1n) is 7.47. The smallest absolute Gasteiger partial charge is 0.410 e. The van der Waals surface area contributed by atoms with E-state index in [-0.39, 0.29) is 11.5 Å². The second kappa shape index (κ2) is 4.71. The summed E-state index contributed by atoms with van der Waals surface area (Å²) >= 11 is 0. The molecule has 4 rings (SSSR count). The topological polar surface area (TPSA) is 48.0 Å². The minimum Gasteiger partial charge on any atom is -0.445 e. The quantitative estimate of drug-likeness (QED) is 0.837. The number of amides is 1. The van der Waals surface area contributed by atoms with Crippen LogP contribution in [-0.4, -0.2) is 43.1 Å². The first kappa shape index (κ1) is 13.1. The summed E-state index contributed by atoms with van der Waals surface area (Å²) in [6, 6.07) is 9.72. The Morgan fingerprint density at radius 2 is 1.86 bits per heavy atom. The molecule has 0 bridgehead atoms. The number of carbonyl (C=O) groups is 1. The highest BCUT2D eigenvalue weighted by Gasteiger charge is 2.69. The summed E-state index contributed by atoms with van der Waals surface area (Å²) in [5, 5.41) is 0. The summed E-state index contributed by atoms with van der Waals surface area (Å²) in [6.07, 6.45) is 1.85. The van der Waals surface area contributed by atoms with Crippen molar-refractivity contribution in [2.75, 3.05) is 26.3 Å². The molecule has 21 heavy (non-hydrogen) atoms. The molecule has 5 heteroatoms. The van der Waals surface area contributed by atoms with Crippen LogP contribution in [-0.2, 0) is 20.8 Å². The Balaban J connectivity index is 1.40. The van der Waals surface area contributed by atoms with Crippen LogP contribution in [0.2, 0.25) is 0 Å². The van der Waals surface area contributed by atoms with Crippen LogP contribution in [0.25, 0.3) is 0 Å². The summed E-state index contributed by atoms with van der Waals surface area (Å²) in [5.41, 5.74) is 1.00. The average molecular weight is 289 g/mol. The van der Waals surface area contributed by atoms with E-state index < -0.39 is 5.79 Å². The predicted molar refractivity (Wildman–Crippen MR) is 74.5 cm³/mol. The van der Waals surface area contributed by atoms with Crippen molar-refractivity contribution in [3.05, 3.63) is 35.9 Å². The molecule has 1 aliphatic carbocycles. The molecule has 1 amide bonds. The van der Waals surface area contributed by atoms with Gasteiger partial charge in [-0.25, -0.2) is 4.79 Å². The lowest BCUT2D eigenvalue weighted by atomic mass is 10.00. The van der Waals surface area contributed by atoms with Crippen LogP contribution in [0.15, 0.2) is 30.3 Å². The van der Waals surface area contributed by atoms with Crippen LogP contribution >= 0.6 is 0 Å². The Hall–Kier alpha value is -1.59. The van der Waals surface area contributed by atoms with Crippen LogP contribution in [0.5, 0.6) is 0 Å². The van der Waals surface area contributed by atoms with Crippen molar-refractivity contribution in [1.29, 1.82) is 0 Å². The van der Waals surface area contributed by atoms with E-state index in [2.05, 4.69) is 0 Å². The first-order valence-corrected chi connectivity index (χ1v) is 7.47. The van der Waals surface area contributed by atoms with Crippen LogP contribution in [0, 0.1) is 5.41 Å². The highest BCUT2D eigenvalue weighted by atomic mass is 16.7. The Bertz CT molecular complexity index is 534. The van der Waals surface area contributed by atoms with E-state index in [0.717, 1.165) is 18.4 Å². The molecule has 3 fully saturated rings. The molecule has 3 aliphatic rings. The van der Waals surface area contributed by atoms with E-state index in [4.69, 9.17) is 14.2 Å². The molecule has 0 atom stereocenters. The van der Waals surface area contributed by atoms with Gasteiger partial charge in [-0.1, -0.05) is 30.3 Å². The fourth-order valence-corrected chi connectivity index (χ4v) is 3.44. The molecule has 112 valence electrons. The highest BCUT2D eigenvalue weighted by molar-refractivity contribution is 5.68. The zero-order valence-electron chi connectivity index (χ0n) is 11.9. The number of fused-ring (bicyclic) bond motifs is 1. The molecule has 0 radical (unpaired) electrons. The number of ether oxygens (including phenoxy) is 3. The maximum absolute atomic E-state index is 12.3. The number of benzene rings is 1. The highest BCUT2D eigenvalue weighted by Crippen LogP contribution is 2.61. The average Bonchev–Trinajstić information content (AvgIpc) is 3.03. The molecule has 2 aliphatic heterocycles. The molecular weight excluding hydrogens is 270 g/mol. The second-order valence-corrected chi connectivity index (χ2v) is 6.13. The van der Waals surface area contributed by atoms with E-state index in [1.807, 2.05) is 30.3 Å². The minimum absolute atomic E-state index is 0.00919. The zero-order chi connectivity index (χ0) is 14.3. The molecule has 0 N–H and O–H groups in total. The number of likely N-dealkylation sites (tertiary alicyclic amines) is 1. The van der Waals surface area contributed by atoms with Crippen molar-refractivity contribution in [2.45, 2.75) is 25.2 Å². The molecule has 2 saturated heterocycles. The first-order chi connectivity index (χ1) is 10.2. The molecule has 0 aromatic heterocycles. The van der Waals surface area contributed by atoms with Gasteiger partial charge in [-0.3, -0.25) is 0 Å². The van der Waals surface area contributed by atoms with Gasteiger partial charge in [-0.15, -0.1) is 0 Å². The van der Waals surface area contributed by atoms with Gasteiger partial charge in [0.2, 0.25) is 0 Å². The largest absolute Gasteiger partial charge is 0.445 e. The number of rotatable bonds is 2. The van der Waals surface area contributed by atoms with E-state index in [1.54, 1.807) is 4.90 Å². The molecule has 5 nitrogen and oxygen atoms in total. The number of carbonyl (C=O) groups excluding carboxylic acids is 1. The van der Waals surface area contributed by atoms with Crippen molar-refractivity contribution in [1.82, 2.24) is 4.90 Å². The Morgan fingerprint density at radius 1 is 1.14 bits per heavy atom. The molecule has 2 heterocycles. The molecule has 2 spiro atoms. The van der Waals surface area contributed by atoms with E-state index in [9.17, 15) is 4.79 Å². The molecule has 1 saturated carbocycles. The SMILES string of the molecule is O=C(OCc1ccccc1)N1CC2(CC2)C2(C1)OCCO2. The lowest BCUT2D eigenvalue weighted by Gasteiger charge is -2.27. The Morgan fingerprint density at radius 3 is 2.52 bits per heavy atom. The fourth-order valence-electron chi connectivity index (χ4n) is 3.44. The minimum atomic E-state index is -0.571. The van der Waals surface area contributed by atoms with E-state index in [1.165, 1.54) is 0 Å². The third kappa shape index (κ3) is 2.12. The molecular formula is C16H19NO4. The van der Waals surface area contributed by atoms with Crippen LogP contribution in [0.3, 0.4) is 0 Å². The summed E-state index contributed by atoms with van der Waals surface area (Å²) in [6.45, 7) is 2.71. The van der Waals surface area contributed by atoms with Crippen LogP contribution in [0.1, 0.15) is 18.4 Å². The van der Waals surface area contributed by atoms with Gasteiger partial charge in [0.25, 0.3) is 0 Å². The Labute approximate surface area is 123 Å². The standard InChI is InChI=1S/C16H19NO4/c18-14(19-10-13-4-2-1-3-5-13)17-11-15(6-7-15)16(12-17)20-8-9-21-16/h1-5H,6-12H2. The Kier molecular flexibility index (Phi) is 2.94. The number of nitrogens with zero attached hydrogens (tertiary/aromatic N) is 1. The van der Waals surface area contributed by atoms with E-state index in [0.29, 0.717) is 32.9 Å². The molecule has 1 aromatic carbocycles. The van der Waals surface area contributed by atoms with Gasteiger partial charge in [-0.05, 0) is 18.4 Å². The van der Waals surface area contributed by atoms with Gasteiger partial charge >= 0.3 is 6.09 Å². The lowest BCUT2D eigenvalue weighted by Crippen LogP contribution is -2.41. The third-order valence-electron chi connectivity index (χ3n) is 4.77. The monoisotopic (exact) mass is 289 g/mol. The third-order valence-corrected chi connectivity index (χ3v) is 4.77. The van der Waals surface area contributed by atoms with Gasteiger partial charge in [0, 0.05) is 12.0 Å². The van der Waals surface area contributed by atoms with Gasteiger partial charge in [0.05, 0.1) is 19.8 Å². The van der Waals surface area contributed by atoms with Crippen molar-refractivity contribution in [3.63, 3.8) is 0 Å². The normalized spacial score (nSPS) is 24.7. The van der Waals surface area contributed by atoms with Gasteiger partial charge in [-0.2, -0.15) is 0 Å². The summed E-state index contributed by atoms with van der Waals surface area (Å²) in [7, 11) is 0. The molecule has 0 unspecified atom stereocenters. The predicted octanol–water partition coefficient (Wildman–Crippen LogP) is 2.16. The summed E-state index contributed by atoms with van der Waals surface area (Å²) < 4.78 is 17.1. The van der Waals surface area contributed by atoms with Gasteiger partial charge < -0.3 is 19.1 Å². The van der Waals surface area contributed by atoms with Crippen LogP contribution < -0.4 is 0 Å². The maximum Gasteiger partial charge on any atom is 0.410 e. The molecule has 1 aromatic rings. The summed E-state index contributed by atoms with van der Waals surface area (Å²) in [4.78, 5) is 14.0. The van der Waals surface area contributed by atoms with Gasteiger partial charge in [0.15, 0.2) is 5.79 Å². The fraction of sp³-hybridized carbons (Fsp3) is 0.562. The van der Waals surface area contributed by atoms with Crippen molar-refractivity contribution >= 4 is 6.09 Å². The van der Waals surface area contributed by atoms with Crippen LogP contribution in [0.4, 0.5) is 4.79 Å². The van der Waals surface area contributed by atoms with Crippen molar-refractivity contribution in [2.24, 2.45) is 5.41 Å². The van der Waals surface area contributed by atoms with Crippen molar-refractivity contribution < 1.29 is 19.0 Å². The van der Waals surface area contributed by atoms with E-state index >= 15 is 0 Å².